The Labute approximate surface area is 110 Å². The van der Waals surface area contributed by atoms with E-state index in [0.717, 1.165) is 25.8 Å². The number of carbonyl (C=O) groups is 2. The maximum absolute atomic E-state index is 12.0. The molecule has 7 heteroatoms. The summed E-state index contributed by atoms with van der Waals surface area (Å²) in [6.45, 7) is 0.802. The number of carboxylic acid groups (broad SMARTS) is 1. The number of nitrogens with one attached hydrogen (secondary N) is 3. The molecule has 0 radical (unpaired) electrons. The van der Waals surface area contributed by atoms with Crippen molar-refractivity contribution >= 4 is 11.9 Å². The zero-order valence-electron chi connectivity index (χ0n) is 10.6. The van der Waals surface area contributed by atoms with Crippen molar-refractivity contribution in [1.82, 2.24) is 20.6 Å². The highest BCUT2D eigenvalue weighted by atomic mass is 16.4. The maximum atomic E-state index is 12.0. The summed E-state index contributed by atoms with van der Waals surface area (Å²) in [5.74, 6) is -1.29. The molecular formula is C12H18N4O3. The molecule has 1 aromatic heterocycles. The van der Waals surface area contributed by atoms with Gasteiger partial charge < -0.3 is 20.7 Å². The lowest BCUT2D eigenvalue weighted by molar-refractivity contribution is -0.142. The lowest BCUT2D eigenvalue weighted by Crippen LogP contribution is -2.52. The van der Waals surface area contributed by atoms with Gasteiger partial charge in [-0.15, -0.1) is 0 Å². The Kier molecular flexibility index (Phi) is 4.51. The Morgan fingerprint density at radius 3 is 2.95 bits per heavy atom. The van der Waals surface area contributed by atoms with Gasteiger partial charge in [-0.3, -0.25) is 4.79 Å². The number of H-pyrrole nitrogens is 1. The van der Waals surface area contributed by atoms with Crippen molar-refractivity contribution in [3.63, 3.8) is 0 Å². The van der Waals surface area contributed by atoms with Crippen LogP contribution in [0.4, 0.5) is 0 Å². The average molecular weight is 266 g/mol. The van der Waals surface area contributed by atoms with Crippen LogP contribution in [-0.4, -0.2) is 45.6 Å². The number of imidazole rings is 1. The topological polar surface area (TPSA) is 107 Å². The summed E-state index contributed by atoms with van der Waals surface area (Å²) >= 11 is 0. The predicted molar refractivity (Wildman–Crippen MR) is 67.5 cm³/mol. The molecule has 1 amide bonds. The standard InChI is InChI=1S/C12H18N4O3/c17-11(9-3-1-2-4-14-9)16-10(12(18)19)5-8-6-13-7-15-8/h6-7,9-10,14H,1-5H2,(H,13,15)(H,16,17)(H,18,19)/t9-,10+/m1/s1. The molecule has 0 saturated carbocycles. The second-order valence-corrected chi connectivity index (χ2v) is 4.68. The van der Waals surface area contributed by atoms with Crippen molar-refractivity contribution in [2.45, 2.75) is 37.8 Å². The Bertz CT molecular complexity index is 426. The molecule has 1 aliphatic rings. The first-order valence-electron chi connectivity index (χ1n) is 6.40. The summed E-state index contributed by atoms with van der Waals surface area (Å²) in [4.78, 5) is 29.8. The fraction of sp³-hybridized carbons (Fsp3) is 0.583. The third-order valence-electron chi connectivity index (χ3n) is 3.22. The van der Waals surface area contributed by atoms with Gasteiger partial charge >= 0.3 is 5.97 Å². The predicted octanol–water partition coefficient (Wildman–Crippen LogP) is -0.336. The summed E-state index contributed by atoms with van der Waals surface area (Å²) in [6.07, 6.45) is 6.04. The first-order chi connectivity index (χ1) is 9.16. The fourth-order valence-electron chi connectivity index (χ4n) is 2.16. The first kappa shape index (κ1) is 13.5. The molecule has 0 unspecified atom stereocenters. The minimum atomic E-state index is -1.04. The number of aromatic amines is 1. The normalized spacial score (nSPS) is 20.7. The van der Waals surface area contributed by atoms with Gasteiger partial charge in [-0.25, -0.2) is 9.78 Å². The van der Waals surface area contributed by atoms with E-state index in [2.05, 4.69) is 20.6 Å². The fourth-order valence-corrected chi connectivity index (χ4v) is 2.16. The molecule has 1 fully saturated rings. The van der Waals surface area contributed by atoms with E-state index in [1.165, 1.54) is 6.33 Å². The first-order valence-corrected chi connectivity index (χ1v) is 6.40. The monoisotopic (exact) mass is 266 g/mol. The van der Waals surface area contributed by atoms with Crippen molar-refractivity contribution in [3.8, 4) is 0 Å². The lowest BCUT2D eigenvalue weighted by Gasteiger charge is -2.24. The summed E-state index contributed by atoms with van der Waals surface area (Å²) in [5.41, 5.74) is 0.685. The van der Waals surface area contributed by atoms with Crippen molar-refractivity contribution in [3.05, 3.63) is 18.2 Å². The molecule has 1 aromatic rings. The van der Waals surface area contributed by atoms with E-state index in [0.29, 0.717) is 5.69 Å². The van der Waals surface area contributed by atoms with Gasteiger partial charge in [0.05, 0.1) is 12.4 Å². The molecule has 7 nitrogen and oxygen atoms in total. The van der Waals surface area contributed by atoms with Crippen LogP contribution in [0.3, 0.4) is 0 Å². The van der Waals surface area contributed by atoms with Crippen LogP contribution in [0.25, 0.3) is 0 Å². The summed E-state index contributed by atoms with van der Waals surface area (Å²) in [6, 6.07) is -1.21. The number of hydrogen-bond donors (Lipinski definition) is 4. The Hall–Kier alpha value is -1.89. The van der Waals surface area contributed by atoms with Gasteiger partial charge in [-0.2, -0.15) is 0 Å². The number of aromatic nitrogens is 2. The van der Waals surface area contributed by atoms with E-state index in [1.807, 2.05) is 0 Å². The second-order valence-electron chi connectivity index (χ2n) is 4.68. The number of amides is 1. The van der Waals surface area contributed by atoms with Gasteiger partial charge in [0, 0.05) is 18.3 Å². The van der Waals surface area contributed by atoms with Crippen molar-refractivity contribution in [2.75, 3.05) is 6.54 Å². The molecule has 19 heavy (non-hydrogen) atoms. The van der Waals surface area contributed by atoms with E-state index >= 15 is 0 Å². The highest BCUT2D eigenvalue weighted by Crippen LogP contribution is 2.08. The van der Waals surface area contributed by atoms with Gasteiger partial charge in [0.15, 0.2) is 0 Å². The average Bonchev–Trinajstić information content (AvgIpc) is 2.91. The number of piperidine rings is 1. The Balaban J connectivity index is 1.92. The van der Waals surface area contributed by atoms with Crippen LogP contribution >= 0.6 is 0 Å². The highest BCUT2D eigenvalue weighted by molar-refractivity contribution is 5.87. The molecule has 0 spiro atoms. The van der Waals surface area contributed by atoms with Crippen LogP contribution in [0.5, 0.6) is 0 Å². The van der Waals surface area contributed by atoms with E-state index in [9.17, 15) is 9.59 Å². The molecule has 2 atom stereocenters. The Morgan fingerprint density at radius 2 is 2.37 bits per heavy atom. The third-order valence-corrected chi connectivity index (χ3v) is 3.22. The summed E-state index contributed by atoms with van der Waals surface area (Å²) < 4.78 is 0. The van der Waals surface area contributed by atoms with Crippen molar-refractivity contribution in [2.24, 2.45) is 0 Å². The molecule has 0 bridgehead atoms. The molecule has 104 valence electrons. The zero-order chi connectivity index (χ0) is 13.7. The van der Waals surface area contributed by atoms with Gasteiger partial charge in [-0.1, -0.05) is 6.42 Å². The molecule has 4 N–H and O–H groups in total. The maximum Gasteiger partial charge on any atom is 0.326 e. The van der Waals surface area contributed by atoms with E-state index in [-0.39, 0.29) is 18.4 Å². The van der Waals surface area contributed by atoms with Crippen molar-refractivity contribution in [1.29, 1.82) is 0 Å². The third kappa shape index (κ3) is 3.78. The minimum absolute atomic E-state index is 0.202. The molecule has 0 aliphatic carbocycles. The molecule has 2 heterocycles. The minimum Gasteiger partial charge on any atom is -0.480 e. The van der Waals surface area contributed by atoms with E-state index in [1.54, 1.807) is 6.20 Å². The highest BCUT2D eigenvalue weighted by Gasteiger charge is 2.26. The van der Waals surface area contributed by atoms with Gasteiger partial charge in [0.25, 0.3) is 0 Å². The van der Waals surface area contributed by atoms with Gasteiger partial charge in [0.2, 0.25) is 5.91 Å². The van der Waals surface area contributed by atoms with Crippen LogP contribution in [0.15, 0.2) is 12.5 Å². The van der Waals surface area contributed by atoms with E-state index in [4.69, 9.17) is 5.11 Å². The summed E-state index contributed by atoms with van der Waals surface area (Å²) in [7, 11) is 0. The molecular weight excluding hydrogens is 248 g/mol. The van der Waals surface area contributed by atoms with Crippen LogP contribution in [0.1, 0.15) is 25.0 Å². The number of carboxylic acids is 1. The van der Waals surface area contributed by atoms with Crippen LogP contribution in [-0.2, 0) is 16.0 Å². The van der Waals surface area contributed by atoms with Crippen LogP contribution in [0, 0.1) is 0 Å². The number of nitrogens with zero attached hydrogens (tertiary/aromatic N) is 1. The van der Waals surface area contributed by atoms with Crippen molar-refractivity contribution < 1.29 is 14.7 Å². The number of hydrogen-bond acceptors (Lipinski definition) is 4. The smallest absolute Gasteiger partial charge is 0.326 e. The lowest BCUT2D eigenvalue weighted by atomic mass is 10.0. The Morgan fingerprint density at radius 1 is 1.53 bits per heavy atom. The number of rotatable bonds is 5. The largest absolute Gasteiger partial charge is 0.480 e. The SMILES string of the molecule is O=C(O)[C@H](Cc1cnc[nH]1)NC(=O)[C@H]1CCCCN1. The van der Waals surface area contributed by atoms with Gasteiger partial charge in [0.1, 0.15) is 6.04 Å². The van der Waals surface area contributed by atoms with E-state index < -0.39 is 12.0 Å². The summed E-state index contributed by atoms with van der Waals surface area (Å²) in [5, 5.41) is 14.8. The molecule has 2 rings (SSSR count). The molecule has 1 aliphatic heterocycles. The zero-order valence-corrected chi connectivity index (χ0v) is 10.6. The number of carbonyl (C=O) groups excluding carboxylic acids is 1. The van der Waals surface area contributed by atoms with Crippen LogP contribution in [0.2, 0.25) is 0 Å². The second kappa shape index (κ2) is 6.33. The quantitative estimate of drug-likeness (QED) is 0.583. The number of aliphatic carboxylic acids is 1. The van der Waals surface area contributed by atoms with Gasteiger partial charge in [-0.05, 0) is 19.4 Å². The molecule has 1 saturated heterocycles. The van der Waals surface area contributed by atoms with Crippen LogP contribution < -0.4 is 10.6 Å². The molecule has 0 aromatic carbocycles.